The Bertz CT molecular complexity index is 672. The Morgan fingerprint density at radius 1 is 1.08 bits per heavy atom. The molecule has 4 nitrogen and oxygen atoms in total. The molecular formula is C17H17Cl3N2O2. The largest absolute Gasteiger partial charge is 0.492 e. The zero-order valence-corrected chi connectivity index (χ0v) is 15.3. The van der Waals surface area contributed by atoms with Gasteiger partial charge in [0.25, 0.3) is 0 Å². The SMILES string of the molecule is CN(CCOc1ccc(Cl)cc1)CC(=O)Nc1c(Cl)cccc1Cl. The van der Waals surface area contributed by atoms with Gasteiger partial charge in [0.1, 0.15) is 12.4 Å². The summed E-state index contributed by atoms with van der Waals surface area (Å²) in [7, 11) is 1.83. The maximum Gasteiger partial charge on any atom is 0.238 e. The summed E-state index contributed by atoms with van der Waals surface area (Å²) >= 11 is 17.9. The molecule has 0 atom stereocenters. The molecule has 2 aromatic carbocycles. The summed E-state index contributed by atoms with van der Waals surface area (Å²) in [5.74, 6) is 0.541. The number of nitrogens with one attached hydrogen (secondary N) is 1. The molecule has 0 saturated heterocycles. The number of hydrogen-bond acceptors (Lipinski definition) is 3. The number of rotatable bonds is 7. The van der Waals surface area contributed by atoms with Gasteiger partial charge in [-0.2, -0.15) is 0 Å². The van der Waals surface area contributed by atoms with Crippen LogP contribution in [0.15, 0.2) is 42.5 Å². The highest BCUT2D eigenvalue weighted by molar-refractivity contribution is 6.39. The number of ether oxygens (including phenoxy) is 1. The van der Waals surface area contributed by atoms with Gasteiger partial charge in [0, 0.05) is 11.6 Å². The highest BCUT2D eigenvalue weighted by atomic mass is 35.5. The smallest absolute Gasteiger partial charge is 0.238 e. The molecule has 0 spiro atoms. The lowest BCUT2D eigenvalue weighted by Crippen LogP contribution is -2.33. The van der Waals surface area contributed by atoms with Crippen molar-refractivity contribution in [3.05, 3.63) is 57.5 Å². The lowest BCUT2D eigenvalue weighted by molar-refractivity contribution is -0.117. The Morgan fingerprint density at radius 3 is 2.33 bits per heavy atom. The minimum absolute atomic E-state index is 0.195. The first-order chi connectivity index (χ1) is 11.5. The van der Waals surface area contributed by atoms with Crippen LogP contribution in [-0.2, 0) is 4.79 Å². The van der Waals surface area contributed by atoms with Gasteiger partial charge in [0.15, 0.2) is 0 Å². The quantitative estimate of drug-likeness (QED) is 0.755. The molecule has 0 aliphatic carbocycles. The summed E-state index contributed by atoms with van der Waals surface area (Å²) in [6, 6.07) is 12.2. The summed E-state index contributed by atoms with van der Waals surface area (Å²) < 4.78 is 5.60. The van der Waals surface area contributed by atoms with E-state index in [0.717, 1.165) is 5.75 Å². The molecule has 0 radical (unpaired) electrons. The third-order valence-electron chi connectivity index (χ3n) is 3.20. The molecule has 0 bridgehead atoms. The van der Waals surface area contributed by atoms with Gasteiger partial charge in [-0.25, -0.2) is 0 Å². The predicted molar refractivity (Wildman–Crippen MR) is 99.5 cm³/mol. The highest BCUT2D eigenvalue weighted by Crippen LogP contribution is 2.29. The minimum atomic E-state index is -0.195. The first-order valence-corrected chi connectivity index (χ1v) is 8.40. The van der Waals surface area contributed by atoms with E-state index >= 15 is 0 Å². The molecule has 0 unspecified atom stereocenters. The average Bonchev–Trinajstić information content (AvgIpc) is 2.53. The van der Waals surface area contributed by atoms with Gasteiger partial charge in [-0.3, -0.25) is 9.69 Å². The molecule has 0 heterocycles. The second-order valence-corrected chi connectivity index (χ2v) is 6.44. The van der Waals surface area contributed by atoms with Gasteiger partial charge in [-0.05, 0) is 43.4 Å². The number of hydrogen-bond donors (Lipinski definition) is 1. The first kappa shape index (κ1) is 18.9. The van der Waals surface area contributed by atoms with E-state index < -0.39 is 0 Å². The van der Waals surface area contributed by atoms with E-state index in [1.807, 2.05) is 11.9 Å². The minimum Gasteiger partial charge on any atom is -0.492 e. The Kier molecular flexibility index (Phi) is 7.18. The number of para-hydroxylation sites is 1. The lowest BCUT2D eigenvalue weighted by Gasteiger charge is -2.17. The summed E-state index contributed by atoms with van der Waals surface area (Å²) in [6.45, 7) is 1.25. The van der Waals surface area contributed by atoms with E-state index in [2.05, 4.69) is 5.32 Å². The van der Waals surface area contributed by atoms with Crippen LogP contribution in [0.4, 0.5) is 5.69 Å². The number of amides is 1. The van der Waals surface area contributed by atoms with Crippen molar-refractivity contribution in [3.8, 4) is 5.75 Å². The van der Waals surface area contributed by atoms with Gasteiger partial charge in [0.05, 0.1) is 22.3 Å². The number of anilines is 1. The molecular weight excluding hydrogens is 371 g/mol. The molecule has 1 N–H and O–H groups in total. The first-order valence-electron chi connectivity index (χ1n) is 7.26. The predicted octanol–water partition coefficient (Wildman–Crippen LogP) is 4.60. The van der Waals surface area contributed by atoms with Crippen molar-refractivity contribution < 1.29 is 9.53 Å². The topological polar surface area (TPSA) is 41.6 Å². The van der Waals surface area contributed by atoms with E-state index in [1.54, 1.807) is 42.5 Å². The van der Waals surface area contributed by atoms with E-state index in [0.29, 0.717) is 33.9 Å². The van der Waals surface area contributed by atoms with Crippen LogP contribution in [0.2, 0.25) is 15.1 Å². The van der Waals surface area contributed by atoms with Gasteiger partial charge in [-0.15, -0.1) is 0 Å². The van der Waals surface area contributed by atoms with Crippen molar-refractivity contribution in [1.29, 1.82) is 0 Å². The van der Waals surface area contributed by atoms with Crippen LogP contribution in [0.25, 0.3) is 0 Å². The van der Waals surface area contributed by atoms with E-state index in [4.69, 9.17) is 39.5 Å². The van der Waals surface area contributed by atoms with Crippen LogP contribution < -0.4 is 10.1 Å². The Balaban J connectivity index is 1.76. The second kappa shape index (κ2) is 9.14. The number of carbonyl (C=O) groups excluding carboxylic acids is 1. The number of carbonyl (C=O) groups is 1. The summed E-state index contributed by atoms with van der Waals surface area (Å²) in [5.41, 5.74) is 0.427. The molecule has 24 heavy (non-hydrogen) atoms. The molecule has 2 aromatic rings. The van der Waals surface area contributed by atoms with Crippen LogP contribution in [0.3, 0.4) is 0 Å². The molecule has 0 aliphatic heterocycles. The van der Waals surface area contributed by atoms with Crippen molar-refractivity contribution in [2.75, 3.05) is 32.1 Å². The fourth-order valence-corrected chi connectivity index (χ4v) is 2.59. The zero-order valence-electron chi connectivity index (χ0n) is 13.1. The van der Waals surface area contributed by atoms with E-state index in [1.165, 1.54) is 0 Å². The highest BCUT2D eigenvalue weighted by Gasteiger charge is 2.11. The monoisotopic (exact) mass is 386 g/mol. The summed E-state index contributed by atoms with van der Waals surface area (Å²) in [6.07, 6.45) is 0. The summed E-state index contributed by atoms with van der Waals surface area (Å²) in [4.78, 5) is 13.9. The third kappa shape index (κ3) is 5.87. The van der Waals surface area contributed by atoms with E-state index in [9.17, 15) is 4.79 Å². The van der Waals surface area contributed by atoms with Crippen LogP contribution in [0, 0.1) is 0 Å². The van der Waals surface area contributed by atoms with Gasteiger partial charge in [0.2, 0.25) is 5.91 Å². The van der Waals surface area contributed by atoms with Gasteiger partial charge < -0.3 is 10.1 Å². The second-order valence-electron chi connectivity index (χ2n) is 5.18. The maximum absolute atomic E-state index is 12.1. The normalized spacial score (nSPS) is 10.7. The van der Waals surface area contributed by atoms with Crippen molar-refractivity contribution in [1.82, 2.24) is 4.90 Å². The molecule has 1 amide bonds. The number of halogens is 3. The summed E-state index contributed by atoms with van der Waals surface area (Å²) in [5, 5.41) is 4.20. The Labute approximate surface area is 156 Å². The van der Waals surface area contributed by atoms with E-state index in [-0.39, 0.29) is 12.5 Å². The van der Waals surface area contributed by atoms with Crippen molar-refractivity contribution in [2.45, 2.75) is 0 Å². The molecule has 0 aromatic heterocycles. The van der Waals surface area contributed by atoms with Crippen LogP contribution >= 0.6 is 34.8 Å². The van der Waals surface area contributed by atoms with Crippen LogP contribution in [0.5, 0.6) is 5.75 Å². The van der Waals surface area contributed by atoms with Crippen molar-refractivity contribution in [3.63, 3.8) is 0 Å². The maximum atomic E-state index is 12.1. The Morgan fingerprint density at radius 2 is 1.71 bits per heavy atom. The molecule has 7 heteroatoms. The number of nitrogens with zero attached hydrogens (tertiary/aromatic N) is 1. The molecule has 2 rings (SSSR count). The molecule has 0 aliphatic rings. The fraction of sp³-hybridized carbons (Fsp3) is 0.235. The van der Waals surface area contributed by atoms with Crippen molar-refractivity contribution >= 4 is 46.4 Å². The fourth-order valence-electron chi connectivity index (χ4n) is 1.97. The lowest BCUT2D eigenvalue weighted by atomic mass is 10.3. The van der Waals surface area contributed by atoms with Gasteiger partial charge >= 0.3 is 0 Å². The number of benzene rings is 2. The van der Waals surface area contributed by atoms with Crippen LogP contribution in [-0.4, -0.2) is 37.6 Å². The molecule has 128 valence electrons. The Hall–Kier alpha value is -1.46. The molecule has 0 fully saturated rings. The van der Waals surface area contributed by atoms with Gasteiger partial charge in [-0.1, -0.05) is 40.9 Å². The van der Waals surface area contributed by atoms with Crippen molar-refractivity contribution in [2.24, 2.45) is 0 Å². The number of likely N-dealkylation sites (N-methyl/N-ethyl adjacent to an activating group) is 1. The molecule has 0 saturated carbocycles. The zero-order chi connectivity index (χ0) is 17.5. The standard InChI is InChI=1S/C17H17Cl3N2O2/c1-22(9-10-24-13-7-5-12(18)6-8-13)11-16(23)21-17-14(19)3-2-4-15(17)20/h2-8H,9-11H2,1H3,(H,21,23). The van der Waals surface area contributed by atoms with Crippen LogP contribution in [0.1, 0.15) is 0 Å². The third-order valence-corrected chi connectivity index (χ3v) is 4.08. The average molecular weight is 388 g/mol.